The number of para-hydroxylation sites is 1. The van der Waals surface area contributed by atoms with Crippen LogP contribution in [0.4, 0.5) is 4.79 Å². The number of ether oxygens (including phenoxy) is 1. The van der Waals surface area contributed by atoms with Gasteiger partial charge in [0.1, 0.15) is 6.04 Å². The van der Waals surface area contributed by atoms with Crippen LogP contribution in [0, 0.1) is 6.92 Å². The Bertz CT molecular complexity index is 1400. The van der Waals surface area contributed by atoms with Gasteiger partial charge in [0.15, 0.2) is 0 Å². The van der Waals surface area contributed by atoms with E-state index in [4.69, 9.17) is 4.74 Å². The fourth-order valence-electron chi connectivity index (χ4n) is 4.21. The van der Waals surface area contributed by atoms with E-state index in [-0.39, 0.29) is 6.61 Å². The maximum absolute atomic E-state index is 13.0. The molecule has 37 heavy (non-hydrogen) atoms. The van der Waals surface area contributed by atoms with Crippen molar-refractivity contribution in [2.45, 2.75) is 32.9 Å². The predicted molar refractivity (Wildman–Crippen MR) is 150 cm³/mol. The van der Waals surface area contributed by atoms with Gasteiger partial charge in [0.05, 0.1) is 12.8 Å². The highest BCUT2D eigenvalue weighted by Gasteiger charge is 2.22. The number of benzene rings is 3. The van der Waals surface area contributed by atoms with Gasteiger partial charge in [-0.25, -0.2) is 10.2 Å². The summed E-state index contributed by atoms with van der Waals surface area (Å²) in [5, 5.41) is 7.94. The van der Waals surface area contributed by atoms with Crippen LogP contribution in [0.25, 0.3) is 10.9 Å². The topological polar surface area (TPSA) is 84.7 Å². The Labute approximate surface area is 224 Å². The molecule has 3 aromatic carbocycles. The van der Waals surface area contributed by atoms with Gasteiger partial charge in [-0.15, -0.1) is 0 Å². The van der Waals surface area contributed by atoms with Crippen LogP contribution >= 0.6 is 15.9 Å². The van der Waals surface area contributed by atoms with Crippen LogP contribution in [0.2, 0.25) is 0 Å². The molecule has 2 N–H and O–H groups in total. The Morgan fingerprint density at radius 3 is 2.43 bits per heavy atom. The maximum atomic E-state index is 13.0. The van der Waals surface area contributed by atoms with Crippen molar-refractivity contribution in [2.75, 3.05) is 6.61 Å². The van der Waals surface area contributed by atoms with Crippen molar-refractivity contribution in [3.05, 3.63) is 106 Å². The Morgan fingerprint density at radius 2 is 1.70 bits per heavy atom. The predicted octanol–water partition coefficient (Wildman–Crippen LogP) is 5.57. The number of hydrogen-bond acceptors (Lipinski definition) is 4. The van der Waals surface area contributed by atoms with Crippen molar-refractivity contribution in [2.24, 2.45) is 5.10 Å². The highest BCUT2D eigenvalue weighted by molar-refractivity contribution is 9.10. The SMILES string of the molecule is CCOC(=O)N[C@@H](Cc1ccccc1)C(=O)N/N=C\c1c(C)n(Cc2ccc(Br)cc2)c2ccccc12. The molecule has 0 aliphatic rings. The number of alkyl carbamates (subject to hydrolysis) is 1. The molecule has 0 saturated carbocycles. The smallest absolute Gasteiger partial charge is 0.407 e. The number of carbonyl (C=O) groups excluding carboxylic acids is 2. The number of carbonyl (C=O) groups is 2. The third-order valence-electron chi connectivity index (χ3n) is 6.07. The first kappa shape index (κ1) is 26.2. The minimum absolute atomic E-state index is 0.216. The van der Waals surface area contributed by atoms with E-state index in [2.05, 4.69) is 54.5 Å². The van der Waals surface area contributed by atoms with Gasteiger partial charge in [-0.1, -0.05) is 76.6 Å². The standard InChI is InChI=1S/C29H29BrN4O3/c1-3-37-29(36)32-26(17-21-9-5-4-6-10-21)28(35)33-31-18-25-20(2)34(27-12-8-7-11-24(25)27)19-22-13-15-23(30)16-14-22/h4-16,18,26H,3,17,19H2,1-2H3,(H,32,36)(H,33,35)/b31-18-/t26-/m0/s1. The Kier molecular flexibility index (Phi) is 8.74. The molecule has 0 radical (unpaired) electrons. The molecule has 1 aromatic heterocycles. The summed E-state index contributed by atoms with van der Waals surface area (Å²) < 4.78 is 8.26. The summed E-state index contributed by atoms with van der Waals surface area (Å²) in [6, 6.07) is 25.0. The van der Waals surface area contributed by atoms with Gasteiger partial charge in [0, 0.05) is 39.6 Å². The molecule has 8 heteroatoms. The summed E-state index contributed by atoms with van der Waals surface area (Å²) in [6.07, 6.45) is 1.33. The molecule has 190 valence electrons. The summed E-state index contributed by atoms with van der Waals surface area (Å²) in [4.78, 5) is 25.0. The summed E-state index contributed by atoms with van der Waals surface area (Å²) >= 11 is 3.49. The van der Waals surface area contributed by atoms with Gasteiger partial charge in [-0.2, -0.15) is 5.10 Å². The van der Waals surface area contributed by atoms with Crippen molar-refractivity contribution in [1.82, 2.24) is 15.3 Å². The summed E-state index contributed by atoms with van der Waals surface area (Å²) in [5.41, 5.74) is 7.73. The number of nitrogens with zero attached hydrogens (tertiary/aromatic N) is 2. The molecule has 0 spiro atoms. The fourth-order valence-corrected chi connectivity index (χ4v) is 4.47. The van der Waals surface area contributed by atoms with Crippen LogP contribution < -0.4 is 10.7 Å². The van der Waals surface area contributed by atoms with E-state index in [1.54, 1.807) is 13.1 Å². The minimum Gasteiger partial charge on any atom is -0.450 e. The molecule has 7 nitrogen and oxygen atoms in total. The third-order valence-corrected chi connectivity index (χ3v) is 6.60. The van der Waals surface area contributed by atoms with E-state index in [0.29, 0.717) is 13.0 Å². The van der Waals surface area contributed by atoms with Crippen molar-refractivity contribution in [1.29, 1.82) is 0 Å². The number of fused-ring (bicyclic) bond motifs is 1. The lowest BCUT2D eigenvalue weighted by atomic mass is 10.1. The molecule has 0 aliphatic carbocycles. The lowest BCUT2D eigenvalue weighted by Gasteiger charge is -2.16. The number of nitrogens with one attached hydrogen (secondary N) is 2. The van der Waals surface area contributed by atoms with E-state index in [0.717, 1.165) is 32.2 Å². The molecule has 0 unspecified atom stereocenters. The Hall–Kier alpha value is -3.91. The molecule has 0 fully saturated rings. The molecule has 1 heterocycles. The maximum Gasteiger partial charge on any atom is 0.407 e. The molecule has 0 saturated heterocycles. The van der Waals surface area contributed by atoms with Crippen LogP contribution in [0.5, 0.6) is 0 Å². The zero-order valence-corrected chi connectivity index (χ0v) is 22.4. The quantitative estimate of drug-likeness (QED) is 0.207. The van der Waals surface area contributed by atoms with E-state index in [9.17, 15) is 9.59 Å². The first-order valence-electron chi connectivity index (χ1n) is 12.1. The minimum atomic E-state index is -0.835. The van der Waals surface area contributed by atoms with Crippen LogP contribution in [0.15, 0.2) is 88.4 Å². The van der Waals surface area contributed by atoms with Gasteiger partial charge in [0.25, 0.3) is 5.91 Å². The number of halogens is 1. The molecular weight excluding hydrogens is 532 g/mol. The van der Waals surface area contributed by atoms with Crippen LogP contribution in [-0.4, -0.2) is 35.4 Å². The Morgan fingerprint density at radius 1 is 1.00 bits per heavy atom. The van der Waals surface area contributed by atoms with Gasteiger partial charge < -0.3 is 14.6 Å². The number of hydrogen-bond donors (Lipinski definition) is 2. The molecule has 0 bridgehead atoms. The number of amides is 2. The monoisotopic (exact) mass is 560 g/mol. The van der Waals surface area contributed by atoms with Crippen LogP contribution in [0.3, 0.4) is 0 Å². The molecule has 0 aliphatic heterocycles. The van der Waals surface area contributed by atoms with Gasteiger partial charge in [0.2, 0.25) is 0 Å². The first-order chi connectivity index (χ1) is 18.0. The summed E-state index contributed by atoms with van der Waals surface area (Å²) in [5.74, 6) is -0.426. The normalized spacial score (nSPS) is 12.0. The van der Waals surface area contributed by atoms with E-state index < -0.39 is 18.0 Å². The molecule has 1 atom stereocenters. The Balaban J connectivity index is 1.54. The second kappa shape index (κ2) is 12.4. The van der Waals surface area contributed by atoms with Crippen molar-refractivity contribution < 1.29 is 14.3 Å². The van der Waals surface area contributed by atoms with E-state index in [1.165, 1.54) is 5.56 Å². The number of aromatic nitrogens is 1. The van der Waals surface area contributed by atoms with Crippen molar-refractivity contribution in [3.8, 4) is 0 Å². The average Bonchev–Trinajstić information content (AvgIpc) is 3.16. The number of hydrazone groups is 1. The van der Waals surface area contributed by atoms with Crippen LogP contribution in [-0.2, 0) is 22.5 Å². The molecule has 2 amide bonds. The van der Waals surface area contributed by atoms with Gasteiger partial charge in [-0.05, 0) is 43.2 Å². The lowest BCUT2D eigenvalue weighted by Crippen LogP contribution is -2.47. The van der Waals surface area contributed by atoms with Crippen molar-refractivity contribution >= 4 is 45.0 Å². The fraction of sp³-hybridized carbons (Fsp3) is 0.207. The second-order valence-electron chi connectivity index (χ2n) is 8.57. The summed E-state index contributed by atoms with van der Waals surface area (Å²) in [6.45, 7) is 4.68. The largest absolute Gasteiger partial charge is 0.450 e. The first-order valence-corrected chi connectivity index (χ1v) is 12.9. The third kappa shape index (κ3) is 6.65. The molecule has 4 rings (SSSR count). The van der Waals surface area contributed by atoms with Crippen molar-refractivity contribution in [3.63, 3.8) is 0 Å². The van der Waals surface area contributed by atoms with E-state index in [1.807, 2.05) is 67.6 Å². The van der Waals surface area contributed by atoms with Crippen LogP contribution in [0.1, 0.15) is 29.3 Å². The molecular formula is C29H29BrN4O3. The second-order valence-corrected chi connectivity index (χ2v) is 9.49. The zero-order valence-electron chi connectivity index (χ0n) is 20.8. The van der Waals surface area contributed by atoms with Gasteiger partial charge >= 0.3 is 6.09 Å². The highest BCUT2D eigenvalue weighted by Crippen LogP contribution is 2.26. The summed E-state index contributed by atoms with van der Waals surface area (Å²) in [7, 11) is 0. The highest BCUT2D eigenvalue weighted by atomic mass is 79.9. The zero-order chi connectivity index (χ0) is 26.2. The lowest BCUT2D eigenvalue weighted by molar-refractivity contribution is -0.123. The average molecular weight is 561 g/mol. The van der Waals surface area contributed by atoms with E-state index >= 15 is 0 Å². The van der Waals surface area contributed by atoms with Gasteiger partial charge in [-0.3, -0.25) is 4.79 Å². The molecule has 4 aromatic rings. The number of rotatable bonds is 9.